The van der Waals surface area contributed by atoms with Crippen LogP contribution in [0.15, 0.2) is 24.3 Å². The number of carbonyl (C=O) groups is 1. The van der Waals surface area contributed by atoms with Crippen molar-refractivity contribution in [2.75, 3.05) is 32.9 Å². The van der Waals surface area contributed by atoms with E-state index in [1.165, 1.54) is 0 Å². The first-order valence-corrected chi connectivity index (χ1v) is 8.93. The van der Waals surface area contributed by atoms with Crippen LogP contribution in [0.3, 0.4) is 0 Å². The molecule has 0 saturated carbocycles. The summed E-state index contributed by atoms with van der Waals surface area (Å²) in [5, 5.41) is 0. The number of para-hydroxylation sites is 2. The van der Waals surface area contributed by atoms with Gasteiger partial charge in [-0.25, -0.2) is 4.79 Å². The lowest BCUT2D eigenvalue weighted by Crippen LogP contribution is -2.48. The molecule has 2 unspecified atom stereocenters. The zero-order chi connectivity index (χ0) is 18.2. The zero-order valence-electron chi connectivity index (χ0n) is 15.6. The average Bonchev–Trinajstić information content (AvgIpc) is 2.61. The molecule has 140 valence electrons. The fraction of sp³-hybridized carbons (Fsp3) is 0.632. The normalized spacial score (nSPS) is 18.8. The fourth-order valence-corrected chi connectivity index (χ4v) is 2.38. The Kier molecular flexibility index (Phi) is 7.37. The van der Waals surface area contributed by atoms with E-state index in [1.54, 1.807) is 4.90 Å². The number of hydrogen-bond acceptors (Lipinski definition) is 5. The van der Waals surface area contributed by atoms with Gasteiger partial charge in [0.2, 0.25) is 0 Å². The monoisotopic (exact) mass is 351 g/mol. The second kappa shape index (κ2) is 9.51. The molecular formula is C19H29NO5. The molecule has 0 aliphatic carbocycles. The van der Waals surface area contributed by atoms with Gasteiger partial charge >= 0.3 is 6.09 Å². The van der Waals surface area contributed by atoms with Crippen molar-refractivity contribution in [3.8, 4) is 11.5 Å². The van der Waals surface area contributed by atoms with E-state index in [0.29, 0.717) is 50.3 Å². The molecule has 6 heteroatoms. The summed E-state index contributed by atoms with van der Waals surface area (Å²) in [5.74, 6) is 1.68. The van der Waals surface area contributed by atoms with Gasteiger partial charge in [-0.2, -0.15) is 0 Å². The molecule has 1 aliphatic rings. The van der Waals surface area contributed by atoms with Crippen molar-refractivity contribution >= 4 is 6.09 Å². The van der Waals surface area contributed by atoms with Gasteiger partial charge < -0.3 is 23.8 Å². The second-order valence-electron chi connectivity index (χ2n) is 6.46. The Labute approximate surface area is 150 Å². The Morgan fingerprint density at radius 2 is 1.92 bits per heavy atom. The molecule has 0 aromatic heterocycles. The van der Waals surface area contributed by atoms with Gasteiger partial charge in [0.1, 0.15) is 18.8 Å². The third-order valence-corrected chi connectivity index (χ3v) is 4.20. The van der Waals surface area contributed by atoms with Gasteiger partial charge in [-0.05, 0) is 31.9 Å². The number of benzene rings is 1. The SMILES string of the molecule is CCOc1ccccc1OCC1CN(C(=O)OC(C)C(C)C)CCO1. The molecule has 0 radical (unpaired) electrons. The molecule has 0 N–H and O–H groups in total. The third-order valence-electron chi connectivity index (χ3n) is 4.20. The minimum atomic E-state index is -0.288. The maximum Gasteiger partial charge on any atom is 0.410 e. The van der Waals surface area contributed by atoms with Crippen molar-refractivity contribution in [3.05, 3.63) is 24.3 Å². The van der Waals surface area contributed by atoms with E-state index in [2.05, 4.69) is 0 Å². The standard InChI is InChI=1S/C19H29NO5/c1-5-22-17-8-6-7-9-18(17)24-13-16-12-20(10-11-23-16)19(21)25-15(4)14(2)3/h6-9,14-16H,5,10-13H2,1-4H3. The number of amides is 1. The highest BCUT2D eigenvalue weighted by molar-refractivity contribution is 5.68. The number of morpholine rings is 1. The van der Waals surface area contributed by atoms with E-state index < -0.39 is 0 Å². The van der Waals surface area contributed by atoms with Gasteiger partial charge in [0.15, 0.2) is 11.5 Å². The van der Waals surface area contributed by atoms with Crippen LogP contribution in [0.5, 0.6) is 11.5 Å². The highest BCUT2D eigenvalue weighted by Crippen LogP contribution is 2.26. The van der Waals surface area contributed by atoms with Crippen LogP contribution in [-0.4, -0.2) is 56.1 Å². The summed E-state index contributed by atoms with van der Waals surface area (Å²) in [7, 11) is 0. The highest BCUT2D eigenvalue weighted by Gasteiger charge is 2.27. The Morgan fingerprint density at radius 3 is 2.56 bits per heavy atom. The second-order valence-corrected chi connectivity index (χ2v) is 6.46. The van der Waals surface area contributed by atoms with Crippen LogP contribution in [0.2, 0.25) is 0 Å². The first kappa shape index (κ1) is 19.4. The smallest absolute Gasteiger partial charge is 0.410 e. The Bertz CT molecular complexity index is 548. The molecule has 0 spiro atoms. The minimum Gasteiger partial charge on any atom is -0.490 e. The molecule has 1 saturated heterocycles. The van der Waals surface area contributed by atoms with Gasteiger partial charge in [0, 0.05) is 6.54 Å². The molecule has 6 nitrogen and oxygen atoms in total. The minimum absolute atomic E-state index is 0.108. The highest BCUT2D eigenvalue weighted by atomic mass is 16.6. The van der Waals surface area contributed by atoms with Crippen LogP contribution in [0.1, 0.15) is 27.7 Å². The molecule has 1 amide bonds. The maximum absolute atomic E-state index is 12.3. The first-order valence-electron chi connectivity index (χ1n) is 8.93. The van der Waals surface area contributed by atoms with Crippen LogP contribution in [-0.2, 0) is 9.47 Å². The lowest BCUT2D eigenvalue weighted by atomic mass is 10.1. The number of ether oxygens (including phenoxy) is 4. The van der Waals surface area contributed by atoms with Crippen molar-refractivity contribution in [1.29, 1.82) is 0 Å². The summed E-state index contributed by atoms with van der Waals surface area (Å²) in [6, 6.07) is 7.54. The number of rotatable bonds is 7. The number of carbonyl (C=O) groups excluding carboxylic acids is 1. The summed E-state index contributed by atoms with van der Waals surface area (Å²) < 4.78 is 22.6. The maximum atomic E-state index is 12.3. The van der Waals surface area contributed by atoms with Crippen LogP contribution in [0, 0.1) is 5.92 Å². The van der Waals surface area contributed by atoms with E-state index in [9.17, 15) is 4.79 Å². The summed E-state index contributed by atoms with van der Waals surface area (Å²) in [6.07, 6.45) is -0.585. The van der Waals surface area contributed by atoms with E-state index >= 15 is 0 Å². The van der Waals surface area contributed by atoms with Crippen LogP contribution in [0.4, 0.5) is 4.79 Å². The molecule has 1 aliphatic heterocycles. The fourth-order valence-electron chi connectivity index (χ4n) is 2.38. The average molecular weight is 351 g/mol. The number of nitrogens with zero attached hydrogens (tertiary/aromatic N) is 1. The molecule has 1 fully saturated rings. The van der Waals surface area contributed by atoms with Gasteiger partial charge in [0.05, 0.1) is 19.8 Å². The largest absolute Gasteiger partial charge is 0.490 e. The van der Waals surface area contributed by atoms with Crippen molar-refractivity contribution < 1.29 is 23.7 Å². The van der Waals surface area contributed by atoms with E-state index in [4.69, 9.17) is 18.9 Å². The summed E-state index contributed by atoms with van der Waals surface area (Å²) in [5.41, 5.74) is 0. The summed E-state index contributed by atoms with van der Waals surface area (Å²) in [4.78, 5) is 13.9. The molecule has 1 aromatic rings. The van der Waals surface area contributed by atoms with Crippen LogP contribution in [0.25, 0.3) is 0 Å². The first-order chi connectivity index (χ1) is 12.0. The lowest BCUT2D eigenvalue weighted by molar-refractivity contribution is -0.0510. The van der Waals surface area contributed by atoms with Crippen LogP contribution < -0.4 is 9.47 Å². The quantitative estimate of drug-likeness (QED) is 0.754. The van der Waals surface area contributed by atoms with Crippen molar-refractivity contribution in [1.82, 2.24) is 4.90 Å². The van der Waals surface area contributed by atoms with Crippen molar-refractivity contribution in [2.24, 2.45) is 5.92 Å². The Hall–Kier alpha value is -1.95. The zero-order valence-corrected chi connectivity index (χ0v) is 15.6. The summed E-state index contributed by atoms with van der Waals surface area (Å²) in [6.45, 7) is 10.3. The molecule has 1 heterocycles. The van der Waals surface area contributed by atoms with E-state index in [1.807, 2.05) is 52.0 Å². The van der Waals surface area contributed by atoms with Crippen molar-refractivity contribution in [3.63, 3.8) is 0 Å². The third kappa shape index (κ3) is 5.81. The molecule has 2 atom stereocenters. The molecule has 25 heavy (non-hydrogen) atoms. The molecule has 1 aromatic carbocycles. The van der Waals surface area contributed by atoms with E-state index in [0.717, 1.165) is 0 Å². The molecular weight excluding hydrogens is 322 g/mol. The number of hydrogen-bond donors (Lipinski definition) is 0. The van der Waals surface area contributed by atoms with Gasteiger partial charge in [0.25, 0.3) is 0 Å². The van der Waals surface area contributed by atoms with E-state index in [-0.39, 0.29) is 18.3 Å². The van der Waals surface area contributed by atoms with Crippen molar-refractivity contribution in [2.45, 2.75) is 39.9 Å². The Morgan fingerprint density at radius 1 is 1.24 bits per heavy atom. The van der Waals surface area contributed by atoms with Gasteiger partial charge in [-0.1, -0.05) is 26.0 Å². The van der Waals surface area contributed by atoms with Gasteiger partial charge in [-0.3, -0.25) is 0 Å². The van der Waals surface area contributed by atoms with Crippen LogP contribution >= 0.6 is 0 Å². The molecule has 0 bridgehead atoms. The predicted molar refractivity (Wildman–Crippen MR) is 95.2 cm³/mol. The predicted octanol–water partition coefficient (Wildman–Crippen LogP) is 3.35. The Balaban J connectivity index is 1.86. The summed E-state index contributed by atoms with van der Waals surface area (Å²) >= 11 is 0. The van der Waals surface area contributed by atoms with Gasteiger partial charge in [-0.15, -0.1) is 0 Å². The lowest BCUT2D eigenvalue weighted by Gasteiger charge is -2.33. The topological polar surface area (TPSA) is 57.2 Å². The molecule has 2 rings (SSSR count).